The Hall–Kier alpha value is -1.10. The summed E-state index contributed by atoms with van der Waals surface area (Å²) in [7, 11) is 1.79. The molecule has 1 aliphatic carbocycles. The van der Waals surface area contributed by atoms with Crippen LogP contribution in [0.2, 0.25) is 0 Å². The molecule has 2 aliphatic rings. The van der Waals surface area contributed by atoms with E-state index < -0.39 is 5.54 Å². The zero-order valence-corrected chi connectivity index (χ0v) is 12.2. The van der Waals surface area contributed by atoms with E-state index in [-0.39, 0.29) is 23.8 Å². The second kappa shape index (κ2) is 5.12. The van der Waals surface area contributed by atoms with Crippen LogP contribution in [-0.2, 0) is 9.59 Å². The largest absolute Gasteiger partial charge is 0.342 e. The fourth-order valence-corrected chi connectivity index (χ4v) is 3.27. The van der Waals surface area contributed by atoms with Crippen molar-refractivity contribution in [3.63, 3.8) is 0 Å². The Morgan fingerprint density at radius 3 is 2.53 bits per heavy atom. The van der Waals surface area contributed by atoms with E-state index in [9.17, 15) is 9.59 Å². The maximum absolute atomic E-state index is 12.7. The Morgan fingerprint density at radius 1 is 1.26 bits per heavy atom. The fourth-order valence-electron chi connectivity index (χ4n) is 3.27. The molecule has 0 bridgehead atoms. The standard InChI is InChI=1S/C14H25N3O2/c1-14(2)13(19)16(3)8-9-17(14)12(18)10-6-4-5-7-11(10)15/h10-11H,4-9,15H2,1-3H3. The summed E-state index contributed by atoms with van der Waals surface area (Å²) < 4.78 is 0. The third kappa shape index (κ3) is 2.48. The molecule has 5 heteroatoms. The number of piperazine rings is 1. The van der Waals surface area contributed by atoms with Crippen molar-refractivity contribution in [2.75, 3.05) is 20.1 Å². The zero-order valence-electron chi connectivity index (χ0n) is 12.2. The van der Waals surface area contributed by atoms with Crippen LogP contribution in [0.3, 0.4) is 0 Å². The van der Waals surface area contributed by atoms with E-state index in [1.807, 2.05) is 13.8 Å². The maximum atomic E-state index is 12.7. The van der Waals surface area contributed by atoms with Gasteiger partial charge in [-0.3, -0.25) is 9.59 Å². The van der Waals surface area contributed by atoms with Crippen LogP contribution in [0.1, 0.15) is 39.5 Å². The molecule has 0 aromatic heterocycles. The number of nitrogens with zero attached hydrogens (tertiary/aromatic N) is 2. The highest BCUT2D eigenvalue weighted by Gasteiger charge is 2.45. The molecule has 2 unspecified atom stereocenters. The molecule has 1 aliphatic heterocycles. The molecule has 2 rings (SSSR count). The maximum Gasteiger partial charge on any atom is 0.247 e. The summed E-state index contributed by atoms with van der Waals surface area (Å²) in [5.41, 5.74) is 5.35. The quantitative estimate of drug-likeness (QED) is 0.756. The molecule has 2 N–H and O–H groups in total. The minimum absolute atomic E-state index is 0.0106. The highest BCUT2D eigenvalue weighted by Crippen LogP contribution is 2.29. The van der Waals surface area contributed by atoms with Crippen molar-refractivity contribution >= 4 is 11.8 Å². The van der Waals surface area contributed by atoms with Crippen molar-refractivity contribution in [2.24, 2.45) is 11.7 Å². The van der Waals surface area contributed by atoms with Gasteiger partial charge in [0.25, 0.3) is 0 Å². The average molecular weight is 267 g/mol. The number of hydrogen-bond donors (Lipinski definition) is 1. The summed E-state index contributed by atoms with van der Waals surface area (Å²) in [6.07, 6.45) is 3.94. The van der Waals surface area contributed by atoms with Gasteiger partial charge in [0.15, 0.2) is 0 Å². The molecule has 1 saturated heterocycles. The zero-order chi connectivity index (χ0) is 14.2. The van der Waals surface area contributed by atoms with E-state index in [2.05, 4.69) is 0 Å². The van der Waals surface area contributed by atoms with E-state index >= 15 is 0 Å². The van der Waals surface area contributed by atoms with E-state index in [0.29, 0.717) is 13.1 Å². The summed E-state index contributed by atoms with van der Waals surface area (Å²) in [5, 5.41) is 0. The second-order valence-corrected chi connectivity index (χ2v) is 6.33. The van der Waals surface area contributed by atoms with Crippen molar-refractivity contribution in [1.29, 1.82) is 0 Å². The lowest BCUT2D eigenvalue weighted by Gasteiger charge is -2.46. The smallest absolute Gasteiger partial charge is 0.247 e. The molecular weight excluding hydrogens is 242 g/mol. The van der Waals surface area contributed by atoms with Crippen LogP contribution in [0, 0.1) is 5.92 Å². The number of rotatable bonds is 1. The van der Waals surface area contributed by atoms with Crippen LogP contribution in [0.25, 0.3) is 0 Å². The Balaban J connectivity index is 2.16. The first-order valence-electron chi connectivity index (χ1n) is 7.18. The molecule has 19 heavy (non-hydrogen) atoms. The number of likely N-dealkylation sites (N-methyl/N-ethyl adjacent to an activating group) is 1. The van der Waals surface area contributed by atoms with Gasteiger partial charge in [0.1, 0.15) is 5.54 Å². The second-order valence-electron chi connectivity index (χ2n) is 6.33. The fraction of sp³-hybridized carbons (Fsp3) is 0.857. The highest BCUT2D eigenvalue weighted by molar-refractivity contribution is 5.92. The SMILES string of the molecule is CN1CCN(C(=O)C2CCCCC2N)C(C)(C)C1=O. The van der Waals surface area contributed by atoms with Gasteiger partial charge in [-0.25, -0.2) is 0 Å². The summed E-state index contributed by atoms with van der Waals surface area (Å²) in [6, 6.07) is -0.0493. The molecule has 2 amide bonds. The third-order valence-electron chi connectivity index (χ3n) is 4.61. The van der Waals surface area contributed by atoms with Gasteiger partial charge in [-0.2, -0.15) is 0 Å². The lowest BCUT2D eigenvalue weighted by atomic mass is 9.82. The lowest BCUT2D eigenvalue weighted by molar-refractivity contribution is -0.160. The molecule has 0 radical (unpaired) electrons. The summed E-state index contributed by atoms with van der Waals surface area (Å²) in [5.74, 6) is -0.0284. The number of hydrogen-bond acceptors (Lipinski definition) is 3. The molecule has 0 spiro atoms. The van der Waals surface area contributed by atoms with Gasteiger partial charge in [0.05, 0.1) is 5.92 Å². The predicted molar refractivity (Wildman–Crippen MR) is 73.4 cm³/mol. The van der Waals surface area contributed by atoms with Gasteiger partial charge in [0, 0.05) is 26.2 Å². The summed E-state index contributed by atoms with van der Waals surface area (Å²) >= 11 is 0. The van der Waals surface area contributed by atoms with Crippen molar-refractivity contribution in [2.45, 2.75) is 51.1 Å². The molecule has 1 saturated carbocycles. The molecule has 108 valence electrons. The minimum Gasteiger partial charge on any atom is -0.342 e. The number of carbonyl (C=O) groups excluding carboxylic acids is 2. The Morgan fingerprint density at radius 2 is 1.89 bits per heavy atom. The van der Waals surface area contributed by atoms with Crippen molar-refractivity contribution in [3.05, 3.63) is 0 Å². The van der Waals surface area contributed by atoms with Crippen LogP contribution < -0.4 is 5.73 Å². The van der Waals surface area contributed by atoms with E-state index in [0.717, 1.165) is 25.7 Å². The van der Waals surface area contributed by atoms with Gasteiger partial charge >= 0.3 is 0 Å². The molecule has 2 fully saturated rings. The molecule has 5 nitrogen and oxygen atoms in total. The van der Waals surface area contributed by atoms with Gasteiger partial charge in [-0.05, 0) is 26.7 Å². The number of nitrogens with two attached hydrogens (primary N) is 1. The molecule has 1 heterocycles. The van der Waals surface area contributed by atoms with Gasteiger partial charge in [-0.1, -0.05) is 12.8 Å². The van der Waals surface area contributed by atoms with Crippen molar-refractivity contribution in [3.8, 4) is 0 Å². The first-order chi connectivity index (χ1) is 8.85. The molecule has 2 atom stereocenters. The van der Waals surface area contributed by atoms with Gasteiger partial charge < -0.3 is 15.5 Å². The summed E-state index contributed by atoms with van der Waals surface area (Å²) in [4.78, 5) is 28.4. The molecule has 0 aromatic carbocycles. The average Bonchev–Trinajstić information content (AvgIpc) is 2.36. The Kier molecular flexibility index (Phi) is 3.85. The van der Waals surface area contributed by atoms with Crippen LogP contribution in [0.15, 0.2) is 0 Å². The topological polar surface area (TPSA) is 66.6 Å². The van der Waals surface area contributed by atoms with Crippen LogP contribution in [0.4, 0.5) is 0 Å². The monoisotopic (exact) mass is 267 g/mol. The minimum atomic E-state index is -0.749. The lowest BCUT2D eigenvalue weighted by Crippen LogP contribution is -2.65. The molecule has 0 aromatic rings. The normalized spacial score (nSPS) is 31.5. The number of amides is 2. The molecular formula is C14H25N3O2. The number of carbonyl (C=O) groups is 2. The Bertz CT molecular complexity index is 381. The summed E-state index contributed by atoms with van der Waals surface area (Å²) in [6.45, 7) is 4.88. The van der Waals surface area contributed by atoms with Gasteiger partial charge in [0.2, 0.25) is 11.8 Å². The first kappa shape index (κ1) is 14.3. The van der Waals surface area contributed by atoms with E-state index in [1.165, 1.54) is 0 Å². The van der Waals surface area contributed by atoms with Gasteiger partial charge in [-0.15, -0.1) is 0 Å². The van der Waals surface area contributed by atoms with E-state index in [4.69, 9.17) is 5.73 Å². The van der Waals surface area contributed by atoms with Crippen LogP contribution in [0.5, 0.6) is 0 Å². The van der Waals surface area contributed by atoms with E-state index in [1.54, 1.807) is 16.8 Å². The predicted octanol–water partition coefficient (Wildman–Crippen LogP) is 0.583. The van der Waals surface area contributed by atoms with Crippen molar-refractivity contribution < 1.29 is 9.59 Å². The third-order valence-corrected chi connectivity index (χ3v) is 4.61. The van der Waals surface area contributed by atoms with Crippen LogP contribution in [-0.4, -0.2) is 53.3 Å². The first-order valence-corrected chi connectivity index (χ1v) is 7.18. The van der Waals surface area contributed by atoms with Crippen molar-refractivity contribution in [1.82, 2.24) is 9.80 Å². The highest BCUT2D eigenvalue weighted by atomic mass is 16.2. The Labute approximate surface area is 115 Å². The van der Waals surface area contributed by atoms with Crippen LogP contribution >= 0.6 is 0 Å².